The number of fused-ring (bicyclic) bond motifs is 1. The summed E-state index contributed by atoms with van der Waals surface area (Å²) in [7, 11) is 0. The Kier molecular flexibility index (Phi) is 4.37. The van der Waals surface area contributed by atoms with Gasteiger partial charge in [-0.1, -0.05) is 18.2 Å². The summed E-state index contributed by atoms with van der Waals surface area (Å²) in [6.07, 6.45) is 0. The van der Waals surface area contributed by atoms with Crippen molar-refractivity contribution in [3.8, 4) is 0 Å². The second kappa shape index (κ2) is 6.04. The number of carboxylic acids is 1. The van der Waals surface area contributed by atoms with Gasteiger partial charge in [-0.25, -0.2) is 9.78 Å². The van der Waals surface area contributed by atoms with Crippen LogP contribution in [-0.4, -0.2) is 56.7 Å². The molecular weight excluding hydrogens is 276 g/mol. The lowest BCUT2D eigenvalue weighted by atomic mass is 10.0. The number of aliphatic hydroxyl groups is 3. The fourth-order valence-corrected chi connectivity index (χ4v) is 1.94. The van der Waals surface area contributed by atoms with Crippen LogP contribution in [0.2, 0.25) is 0 Å². The molecule has 1 aromatic heterocycles. The molecule has 1 heterocycles. The molecule has 7 nitrogen and oxygen atoms in total. The number of nitrogens with one attached hydrogen (secondary N) is 1. The lowest BCUT2D eigenvalue weighted by Crippen LogP contribution is -2.49. The van der Waals surface area contributed by atoms with E-state index < -0.39 is 31.3 Å². The van der Waals surface area contributed by atoms with Crippen LogP contribution in [0.1, 0.15) is 10.5 Å². The standard InChI is InChI=1S/C14H16N2O5/c17-6-14(7-18,8-19)16-11-5-12(13(20)21)15-10-4-2-1-3-9(10)11/h1-5,17-19H,6-8H2,(H,15,16)(H,20,21). The average molecular weight is 292 g/mol. The molecule has 0 atom stereocenters. The van der Waals surface area contributed by atoms with E-state index in [1.165, 1.54) is 6.07 Å². The Morgan fingerprint density at radius 1 is 1.14 bits per heavy atom. The summed E-state index contributed by atoms with van der Waals surface area (Å²) in [5.74, 6) is -1.19. The van der Waals surface area contributed by atoms with Crippen LogP contribution in [0.3, 0.4) is 0 Å². The molecule has 0 spiro atoms. The molecule has 0 saturated carbocycles. The van der Waals surface area contributed by atoms with Crippen LogP contribution >= 0.6 is 0 Å². The van der Waals surface area contributed by atoms with E-state index in [1.54, 1.807) is 24.3 Å². The Balaban J connectivity index is 2.58. The van der Waals surface area contributed by atoms with E-state index in [-0.39, 0.29) is 5.69 Å². The number of pyridine rings is 1. The van der Waals surface area contributed by atoms with Gasteiger partial charge < -0.3 is 25.7 Å². The van der Waals surface area contributed by atoms with Crippen molar-refractivity contribution in [1.82, 2.24) is 4.98 Å². The minimum Gasteiger partial charge on any atom is -0.477 e. The van der Waals surface area contributed by atoms with Gasteiger partial charge in [0, 0.05) is 11.1 Å². The summed E-state index contributed by atoms with van der Waals surface area (Å²) in [5.41, 5.74) is -0.684. The highest BCUT2D eigenvalue weighted by Crippen LogP contribution is 2.26. The van der Waals surface area contributed by atoms with Crippen molar-refractivity contribution in [3.63, 3.8) is 0 Å². The van der Waals surface area contributed by atoms with Crippen molar-refractivity contribution >= 4 is 22.6 Å². The zero-order valence-electron chi connectivity index (χ0n) is 11.2. The van der Waals surface area contributed by atoms with Crippen LogP contribution in [-0.2, 0) is 0 Å². The summed E-state index contributed by atoms with van der Waals surface area (Å²) in [4.78, 5) is 15.1. The number of hydrogen-bond donors (Lipinski definition) is 5. The number of benzene rings is 1. The smallest absolute Gasteiger partial charge is 0.354 e. The molecule has 5 N–H and O–H groups in total. The summed E-state index contributed by atoms with van der Waals surface area (Å²) in [5, 5.41) is 40.7. The topological polar surface area (TPSA) is 123 Å². The Morgan fingerprint density at radius 2 is 1.76 bits per heavy atom. The summed E-state index contributed by atoms with van der Waals surface area (Å²) in [6.45, 7) is -1.54. The molecule has 2 aromatic rings. The number of anilines is 1. The first-order chi connectivity index (χ1) is 10.0. The maximum atomic E-state index is 11.1. The van der Waals surface area contributed by atoms with Crippen LogP contribution in [0, 0.1) is 0 Å². The molecule has 1 aromatic carbocycles. The first-order valence-electron chi connectivity index (χ1n) is 6.29. The van der Waals surface area contributed by atoms with Gasteiger partial charge in [0.1, 0.15) is 5.54 Å². The van der Waals surface area contributed by atoms with Crippen molar-refractivity contribution in [2.75, 3.05) is 25.1 Å². The summed E-state index contributed by atoms with van der Waals surface area (Å²) in [6, 6.07) is 8.18. The van der Waals surface area contributed by atoms with Gasteiger partial charge in [0.25, 0.3) is 0 Å². The summed E-state index contributed by atoms with van der Waals surface area (Å²) < 4.78 is 0. The minimum atomic E-state index is -1.35. The van der Waals surface area contributed by atoms with Crippen LogP contribution in [0.25, 0.3) is 10.9 Å². The van der Waals surface area contributed by atoms with Gasteiger partial charge in [-0.15, -0.1) is 0 Å². The third-order valence-electron chi connectivity index (χ3n) is 3.24. The van der Waals surface area contributed by atoms with Crippen LogP contribution < -0.4 is 5.32 Å². The van der Waals surface area contributed by atoms with E-state index in [1.807, 2.05) is 0 Å². The molecule has 21 heavy (non-hydrogen) atoms. The number of aromatic carboxylic acids is 1. The first-order valence-corrected chi connectivity index (χ1v) is 6.29. The van der Waals surface area contributed by atoms with Crippen LogP contribution in [0.4, 0.5) is 5.69 Å². The van der Waals surface area contributed by atoms with E-state index >= 15 is 0 Å². The quantitative estimate of drug-likeness (QED) is 0.510. The fraction of sp³-hybridized carbons (Fsp3) is 0.286. The molecule has 0 saturated heterocycles. The predicted octanol–water partition coefficient (Wildman–Crippen LogP) is 0.0606. The van der Waals surface area contributed by atoms with Gasteiger partial charge in [0.2, 0.25) is 0 Å². The largest absolute Gasteiger partial charge is 0.477 e. The lowest BCUT2D eigenvalue weighted by molar-refractivity contribution is 0.0691. The van der Waals surface area contributed by atoms with E-state index in [4.69, 9.17) is 5.11 Å². The number of aromatic nitrogens is 1. The zero-order valence-corrected chi connectivity index (χ0v) is 11.2. The molecule has 0 aliphatic heterocycles. The van der Waals surface area contributed by atoms with E-state index in [2.05, 4.69) is 10.3 Å². The van der Waals surface area contributed by atoms with Crippen molar-refractivity contribution in [1.29, 1.82) is 0 Å². The molecule has 0 unspecified atom stereocenters. The number of carbonyl (C=O) groups is 1. The second-order valence-electron chi connectivity index (χ2n) is 4.76. The maximum Gasteiger partial charge on any atom is 0.354 e. The molecule has 0 amide bonds. The monoisotopic (exact) mass is 292 g/mol. The fourth-order valence-electron chi connectivity index (χ4n) is 1.94. The van der Waals surface area contributed by atoms with Crippen molar-refractivity contribution in [3.05, 3.63) is 36.0 Å². The minimum absolute atomic E-state index is 0.168. The van der Waals surface area contributed by atoms with Crippen LogP contribution in [0.15, 0.2) is 30.3 Å². The van der Waals surface area contributed by atoms with Gasteiger partial charge in [-0.05, 0) is 12.1 Å². The number of para-hydroxylation sites is 1. The Hall–Kier alpha value is -2.22. The highest BCUT2D eigenvalue weighted by Gasteiger charge is 2.28. The second-order valence-corrected chi connectivity index (χ2v) is 4.76. The molecule has 7 heteroatoms. The average Bonchev–Trinajstić information content (AvgIpc) is 2.52. The highest BCUT2D eigenvalue weighted by atomic mass is 16.4. The molecule has 2 rings (SSSR count). The van der Waals surface area contributed by atoms with E-state index in [9.17, 15) is 20.1 Å². The number of rotatable bonds is 6. The maximum absolute atomic E-state index is 11.1. The zero-order chi connectivity index (χ0) is 15.5. The highest BCUT2D eigenvalue weighted by molar-refractivity contribution is 5.97. The normalized spacial score (nSPS) is 11.6. The molecule has 0 fully saturated rings. The van der Waals surface area contributed by atoms with Gasteiger partial charge in [-0.2, -0.15) is 0 Å². The molecule has 0 aliphatic rings. The molecule has 0 radical (unpaired) electrons. The van der Waals surface area contributed by atoms with Gasteiger partial charge in [0.05, 0.1) is 25.3 Å². The molecular formula is C14H16N2O5. The number of aliphatic hydroxyl groups excluding tert-OH is 3. The van der Waals surface area contributed by atoms with Gasteiger partial charge in [0.15, 0.2) is 5.69 Å². The number of carboxylic acid groups (broad SMARTS) is 1. The first kappa shape index (κ1) is 15.2. The van der Waals surface area contributed by atoms with Gasteiger partial charge in [-0.3, -0.25) is 0 Å². The third-order valence-corrected chi connectivity index (χ3v) is 3.24. The molecule has 0 bridgehead atoms. The number of hydrogen-bond acceptors (Lipinski definition) is 6. The summed E-state index contributed by atoms with van der Waals surface area (Å²) >= 11 is 0. The SMILES string of the molecule is O=C(O)c1cc(NC(CO)(CO)CO)c2ccccc2n1. The Bertz CT molecular complexity index is 647. The number of nitrogens with zero attached hydrogens (tertiary/aromatic N) is 1. The van der Waals surface area contributed by atoms with Crippen molar-refractivity contribution in [2.45, 2.75) is 5.54 Å². The predicted molar refractivity (Wildman–Crippen MR) is 76.3 cm³/mol. The third kappa shape index (κ3) is 2.94. The van der Waals surface area contributed by atoms with E-state index in [0.717, 1.165) is 0 Å². The van der Waals surface area contributed by atoms with Crippen LogP contribution in [0.5, 0.6) is 0 Å². The molecule has 112 valence electrons. The Labute approximate surface area is 120 Å². The van der Waals surface area contributed by atoms with Gasteiger partial charge >= 0.3 is 5.97 Å². The van der Waals surface area contributed by atoms with Crippen molar-refractivity contribution in [2.24, 2.45) is 0 Å². The lowest BCUT2D eigenvalue weighted by Gasteiger charge is -2.30. The molecule has 0 aliphatic carbocycles. The Morgan fingerprint density at radius 3 is 2.33 bits per heavy atom. The van der Waals surface area contributed by atoms with E-state index in [0.29, 0.717) is 16.6 Å². The van der Waals surface area contributed by atoms with Crippen molar-refractivity contribution < 1.29 is 25.2 Å².